The SMILES string of the molecule is COCO[C@@H]1C[C@@]23CNCCO[C@@]2(CC=C3C(C)=O)C2=CC[C@@H]3C[C@]4(OC)CC[C@]3(C)[C@]21O4. The number of hydrogen-bond acceptors (Lipinski definition) is 7. The second-order valence-corrected chi connectivity index (χ2v) is 11.2. The van der Waals surface area contributed by atoms with Crippen LogP contribution in [0.1, 0.15) is 52.4 Å². The molecule has 3 saturated heterocycles. The Morgan fingerprint density at radius 1 is 1.24 bits per heavy atom. The van der Waals surface area contributed by atoms with E-state index in [-0.39, 0.29) is 24.1 Å². The van der Waals surface area contributed by atoms with Crippen LogP contribution in [0.15, 0.2) is 23.3 Å². The standard InChI is InChI=1S/C26H37NO6/c1-17(28)19-7-8-25-20-6-5-18-13-24(30-4)10-9-22(18,2)26(20,33-24)21(31-16-29-3)14-23(19,25)15-27-11-12-32-25/h6-7,18,21,27H,5,8-16H2,1-4H3/t18-,21-,22+,23+,24+,25+,26+/m1/s1. The minimum Gasteiger partial charge on any atom is -0.368 e. The minimum atomic E-state index is -0.672. The van der Waals surface area contributed by atoms with Crippen LogP contribution in [-0.2, 0) is 28.5 Å². The summed E-state index contributed by atoms with van der Waals surface area (Å²) in [4.78, 5) is 13.0. The second kappa shape index (κ2) is 7.21. The highest BCUT2D eigenvalue weighted by atomic mass is 16.7. The second-order valence-electron chi connectivity index (χ2n) is 11.2. The van der Waals surface area contributed by atoms with E-state index in [2.05, 4.69) is 24.4 Å². The van der Waals surface area contributed by atoms with E-state index in [9.17, 15) is 4.79 Å². The Balaban J connectivity index is 1.60. The summed E-state index contributed by atoms with van der Waals surface area (Å²) in [5.74, 6) is -0.0385. The lowest BCUT2D eigenvalue weighted by Gasteiger charge is -2.73. The molecule has 4 aliphatic carbocycles. The summed E-state index contributed by atoms with van der Waals surface area (Å²) < 4.78 is 32.1. The Morgan fingerprint density at radius 2 is 2.09 bits per heavy atom. The van der Waals surface area contributed by atoms with E-state index in [1.807, 2.05) is 0 Å². The summed E-state index contributed by atoms with van der Waals surface area (Å²) in [6.07, 6.45) is 9.37. The van der Waals surface area contributed by atoms with Crippen molar-refractivity contribution in [2.24, 2.45) is 16.7 Å². The van der Waals surface area contributed by atoms with Crippen molar-refractivity contribution < 1.29 is 28.5 Å². The molecule has 5 fully saturated rings. The van der Waals surface area contributed by atoms with Crippen LogP contribution in [0, 0.1) is 16.7 Å². The highest BCUT2D eigenvalue weighted by Crippen LogP contribution is 2.74. The van der Waals surface area contributed by atoms with Crippen LogP contribution in [-0.4, -0.2) is 69.6 Å². The average Bonchev–Trinajstić information content (AvgIpc) is 3.00. The normalized spacial score (nSPS) is 49.9. The van der Waals surface area contributed by atoms with Crippen LogP contribution in [0.4, 0.5) is 0 Å². The average molecular weight is 460 g/mol. The first kappa shape index (κ1) is 22.4. The van der Waals surface area contributed by atoms with Crippen molar-refractivity contribution >= 4 is 5.78 Å². The fraction of sp³-hybridized carbons (Fsp3) is 0.808. The third kappa shape index (κ3) is 2.49. The van der Waals surface area contributed by atoms with Gasteiger partial charge in [-0.2, -0.15) is 0 Å². The molecule has 7 atom stereocenters. The van der Waals surface area contributed by atoms with Gasteiger partial charge in [0, 0.05) is 63.0 Å². The number of ether oxygens (including phenoxy) is 5. The number of fused-ring (bicyclic) bond motifs is 1. The molecule has 1 spiro atoms. The number of carbonyl (C=O) groups excluding carboxylic acids is 1. The van der Waals surface area contributed by atoms with Gasteiger partial charge in [-0.05, 0) is 37.7 Å². The molecule has 182 valence electrons. The van der Waals surface area contributed by atoms with Crippen LogP contribution in [0.3, 0.4) is 0 Å². The maximum atomic E-state index is 13.0. The third-order valence-electron chi connectivity index (χ3n) is 10.2. The zero-order valence-electron chi connectivity index (χ0n) is 20.3. The zero-order valence-corrected chi connectivity index (χ0v) is 20.3. The number of methoxy groups -OCH3 is 2. The molecular weight excluding hydrogens is 422 g/mol. The number of rotatable bonds is 5. The van der Waals surface area contributed by atoms with Crippen molar-refractivity contribution in [1.29, 1.82) is 0 Å². The van der Waals surface area contributed by atoms with Crippen molar-refractivity contribution in [3.8, 4) is 0 Å². The Bertz CT molecular complexity index is 932. The predicted molar refractivity (Wildman–Crippen MR) is 120 cm³/mol. The highest BCUT2D eigenvalue weighted by molar-refractivity contribution is 5.96. The summed E-state index contributed by atoms with van der Waals surface area (Å²) in [5.41, 5.74) is 0.179. The molecule has 7 nitrogen and oxygen atoms in total. The van der Waals surface area contributed by atoms with Crippen molar-refractivity contribution in [2.45, 2.75) is 75.5 Å². The van der Waals surface area contributed by atoms with Gasteiger partial charge in [0.1, 0.15) is 18.0 Å². The number of carbonyl (C=O) groups is 1. The van der Waals surface area contributed by atoms with Gasteiger partial charge in [0.2, 0.25) is 0 Å². The topological polar surface area (TPSA) is 75.2 Å². The van der Waals surface area contributed by atoms with E-state index in [0.717, 1.165) is 37.8 Å². The molecule has 0 unspecified atom stereocenters. The first-order valence-corrected chi connectivity index (χ1v) is 12.5. The number of ketones is 1. The van der Waals surface area contributed by atoms with Crippen LogP contribution in [0.5, 0.6) is 0 Å². The predicted octanol–water partition coefficient (Wildman–Crippen LogP) is 2.89. The largest absolute Gasteiger partial charge is 0.368 e. The Kier molecular flexibility index (Phi) is 4.89. The highest BCUT2D eigenvalue weighted by Gasteiger charge is 2.79. The molecule has 0 radical (unpaired) electrons. The van der Waals surface area contributed by atoms with Gasteiger partial charge in [-0.15, -0.1) is 0 Å². The van der Waals surface area contributed by atoms with E-state index < -0.39 is 22.4 Å². The zero-order chi connectivity index (χ0) is 23.1. The van der Waals surface area contributed by atoms with E-state index in [1.165, 1.54) is 5.57 Å². The maximum Gasteiger partial charge on any atom is 0.169 e. The van der Waals surface area contributed by atoms with Gasteiger partial charge >= 0.3 is 0 Å². The van der Waals surface area contributed by atoms with Gasteiger partial charge in [0.15, 0.2) is 11.6 Å². The third-order valence-corrected chi connectivity index (χ3v) is 10.2. The van der Waals surface area contributed by atoms with Gasteiger partial charge < -0.3 is 29.0 Å². The summed E-state index contributed by atoms with van der Waals surface area (Å²) in [5, 5.41) is 3.58. The summed E-state index contributed by atoms with van der Waals surface area (Å²) in [7, 11) is 3.43. The molecule has 0 amide bonds. The molecule has 7 aliphatic rings. The molecule has 4 bridgehead atoms. The fourth-order valence-corrected chi connectivity index (χ4v) is 8.71. The van der Waals surface area contributed by atoms with Gasteiger partial charge in [-0.25, -0.2) is 0 Å². The Morgan fingerprint density at radius 3 is 2.85 bits per heavy atom. The fourth-order valence-electron chi connectivity index (χ4n) is 8.71. The first-order valence-electron chi connectivity index (χ1n) is 12.5. The molecule has 0 aromatic heterocycles. The first-order chi connectivity index (χ1) is 15.8. The number of nitrogens with one attached hydrogen (secondary N) is 1. The van der Waals surface area contributed by atoms with Crippen molar-refractivity contribution in [2.75, 3.05) is 40.7 Å². The van der Waals surface area contributed by atoms with Crippen LogP contribution in [0.25, 0.3) is 0 Å². The van der Waals surface area contributed by atoms with Gasteiger partial charge in [0.05, 0.1) is 12.7 Å². The molecule has 7 rings (SSSR count). The lowest BCUT2D eigenvalue weighted by molar-refractivity contribution is -0.412. The quantitative estimate of drug-likeness (QED) is 0.501. The smallest absolute Gasteiger partial charge is 0.169 e. The van der Waals surface area contributed by atoms with Gasteiger partial charge in [-0.1, -0.05) is 19.1 Å². The van der Waals surface area contributed by atoms with Crippen molar-refractivity contribution in [3.63, 3.8) is 0 Å². The molecule has 1 N–H and O–H groups in total. The summed E-state index contributed by atoms with van der Waals surface area (Å²) >= 11 is 0. The van der Waals surface area contributed by atoms with Crippen LogP contribution >= 0.6 is 0 Å². The Labute approximate surface area is 196 Å². The number of hydrogen-bond donors (Lipinski definition) is 1. The van der Waals surface area contributed by atoms with Gasteiger partial charge in [-0.3, -0.25) is 4.79 Å². The number of Topliss-reactive ketones (excluding diaryl/α,β-unsaturated/α-hetero) is 1. The van der Waals surface area contributed by atoms with E-state index >= 15 is 0 Å². The van der Waals surface area contributed by atoms with E-state index in [0.29, 0.717) is 31.9 Å². The van der Waals surface area contributed by atoms with Gasteiger partial charge in [0.25, 0.3) is 0 Å². The van der Waals surface area contributed by atoms with Crippen LogP contribution in [0.2, 0.25) is 0 Å². The monoisotopic (exact) mass is 459 g/mol. The summed E-state index contributed by atoms with van der Waals surface area (Å²) in [6, 6.07) is 0. The molecule has 3 heterocycles. The molecule has 3 aliphatic heterocycles. The maximum absolute atomic E-state index is 13.0. The lowest BCUT2D eigenvalue weighted by Crippen LogP contribution is -2.80. The molecular formula is C26H37NO6. The molecule has 2 saturated carbocycles. The van der Waals surface area contributed by atoms with Crippen molar-refractivity contribution in [3.05, 3.63) is 23.3 Å². The number of allylic oxidation sites excluding steroid dienone is 1. The molecule has 33 heavy (non-hydrogen) atoms. The van der Waals surface area contributed by atoms with Crippen molar-refractivity contribution in [1.82, 2.24) is 5.32 Å². The molecule has 0 aromatic carbocycles. The minimum absolute atomic E-state index is 0.0985. The molecule has 7 heteroatoms. The lowest BCUT2D eigenvalue weighted by atomic mass is 9.41. The van der Waals surface area contributed by atoms with E-state index in [1.54, 1.807) is 21.1 Å². The molecule has 0 aromatic rings. The van der Waals surface area contributed by atoms with E-state index in [4.69, 9.17) is 23.7 Å². The Hall–Kier alpha value is -1.09. The van der Waals surface area contributed by atoms with Crippen LogP contribution < -0.4 is 5.32 Å². The summed E-state index contributed by atoms with van der Waals surface area (Å²) in [6.45, 7) is 6.31.